The van der Waals surface area contributed by atoms with E-state index in [9.17, 15) is 4.79 Å². The highest BCUT2D eigenvalue weighted by atomic mass is 35.5. The van der Waals surface area contributed by atoms with Crippen molar-refractivity contribution in [2.75, 3.05) is 17.7 Å². The van der Waals surface area contributed by atoms with Crippen molar-refractivity contribution in [1.29, 1.82) is 5.26 Å². The number of rotatable bonds is 6. The van der Waals surface area contributed by atoms with Crippen LogP contribution in [0.15, 0.2) is 30.0 Å². The van der Waals surface area contributed by atoms with Gasteiger partial charge >= 0.3 is 0 Å². The minimum Gasteiger partial charge on any atom is -0.360 e. The van der Waals surface area contributed by atoms with Gasteiger partial charge in [0.05, 0.1) is 0 Å². The third kappa shape index (κ3) is 4.76. The Labute approximate surface area is 128 Å². The molecule has 0 aliphatic rings. The average molecular weight is 312 g/mol. The second-order valence-corrected chi connectivity index (χ2v) is 4.81. The highest BCUT2D eigenvalue weighted by Crippen LogP contribution is 2.22. The molecule has 1 amide bonds. The summed E-state index contributed by atoms with van der Waals surface area (Å²) >= 11 is 11.5. The molecule has 0 aliphatic carbocycles. The monoisotopic (exact) mass is 311 g/mol. The maximum atomic E-state index is 11.7. The van der Waals surface area contributed by atoms with Gasteiger partial charge < -0.3 is 10.6 Å². The number of halogens is 2. The highest BCUT2D eigenvalue weighted by Gasteiger charge is 2.08. The Kier molecular flexibility index (Phi) is 6.92. The molecule has 0 spiro atoms. The fourth-order valence-corrected chi connectivity index (χ4v) is 1.73. The van der Waals surface area contributed by atoms with Gasteiger partial charge in [0.2, 0.25) is 0 Å². The lowest BCUT2D eigenvalue weighted by molar-refractivity contribution is -0.117. The van der Waals surface area contributed by atoms with Gasteiger partial charge in [-0.25, -0.2) is 0 Å². The lowest BCUT2D eigenvalue weighted by Crippen LogP contribution is -2.26. The first-order valence-corrected chi connectivity index (χ1v) is 6.97. The summed E-state index contributed by atoms with van der Waals surface area (Å²) in [5.74, 6) is 0.0380. The summed E-state index contributed by atoms with van der Waals surface area (Å²) in [6.07, 6.45) is 2.03. The number of alkyl halides is 1. The molecule has 20 heavy (non-hydrogen) atoms. The number of anilines is 1. The van der Waals surface area contributed by atoms with Gasteiger partial charge in [0, 0.05) is 29.3 Å². The SMILES string of the molecule is Cc1c(Cl)cccc1N/C=C(/C#N)C(=O)NCCCCl. The predicted molar refractivity (Wildman–Crippen MR) is 81.9 cm³/mol. The van der Waals surface area contributed by atoms with E-state index >= 15 is 0 Å². The zero-order valence-electron chi connectivity index (χ0n) is 11.0. The van der Waals surface area contributed by atoms with Crippen LogP contribution in [-0.4, -0.2) is 18.3 Å². The summed E-state index contributed by atoms with van der Waals surface area (Å²) in [4.78, 5) is 11.7. The van der Waals surface area contributed by atoms with Crippen LogP contribution in [0.5, 0.6) is 0 Å². The summed E-state index contributed by atoms with van der Waals surface area (Å²) in [6, 6.07) is 7.23. The summed E-state index contributed by atoms with van der Waals surface area (Å²) in [7, 11) is 0. The van der Waals surface area contributed by atoms with Crippen LogP contribution in [0.2, 0.25) is 5.02 Å². The normalized spacial score (nSPS) is 10.8. The molecular formula is C14H15Cl2N3O. The number of carbonyl (C=O) groups excluding carboxylic acids is 1. The van der Waals surface area contributed by atoms with E-state index in [2.05, 4.69) is 10.6 Å². The fourth-order valence-electron chi connectivity index (χ4n) is 1.43. The zero-order chi connectivity index (χ0) is 15.0. The molecule has 0 atom stereocenters. The first kappa shape index (κ1) is 16.4. The number of nitrogens with one attached hydrogen (secondary N) is 2. The van der Waals surface area contributed by atoms with Crippen molar-refractivity contribution in [2.45, 2.75) is 13.3 Å². The first-order chi connectivity index (χ1) is 9.60. The van der Waals surface area contributed by atoms with Crippen LogP contribution in [0.1, 0.15) is 12.0 Å². The molecule has 1 aromatic rings. The Hall–Kier alpha value is -1.70. The Balaban J connectivity index is 2.73. The van der Waals surface area contributed by atoms with Gasteiger partial charge in [-0.3, -0.25) is 4.79 Å². The standard InChI is InChI=1S/C14H15Cl2N3O/c1-10-12(16)4-2-5-13(10)19-9-11(8-17)14(20)18-7-3-6-15/h2,4-5,9,19H,3,6-7H2,1H3,(H,18,20)/b11-9-. The van der Waals surface area contributed by atoms with Crippen LogP contribution in [0, 0.1) is 18.3 Å². The number of nitrogens with zero attached hydrogens (tertiary/aromatic N) is 1. The van der Waals surface area contributed by atoms with E-state index in [-0.39, 0.29) is 5.57 Å². The molecule has 106 valence electrons. The van der Waals surface area contributed by atoms with Gasteiger partial charge in [0.25, 0.3) is 5.91 Å². The Morgan fingerprint density at radius 1 is 1.50 bits per heavy atom. The smallest absolute Gasteiger partial charge is 0.263 e. The highest BCUT2D eigenvalue weighted by molar-refractivity contribution is 6.31. The molecule has 0 fully saturated rings. The van der Waals surface area contributed by atoms with Crippen LogP contribution in [0.25, 0.3) is 0 Å². The number of hydrogen-bond donors (Lipinski definition) is 2. The van der Waals surface area contributed by atoms with Crippen molar-refractivity contribution in [3.05, 3.63) is 40.6 Å². The first-order valence-electron chi connectivity index (χ1n) is 6.06. The quantitative estimate of drug-likeness (QED) is 0.367. The fraction of sp³-hybridized carbons (Fsp3) is 0.286. The molecule has 0 bridgehead atoms. The van der Waals surface area contributed by atoms with E-state index < -0.39 is 5.91 Å². The van der Waals surface area contributed by atoms with Crippen molar-refractivity contribution in [3.63, 3.8) is 0 Å². The summed E-state index contributed by atoms with van der Waals surface area (Å²) in [5.41, 5.74) is 1.60. The van der Waals surface area contributed by atoms with E-state index in [0.29, 0.717) is 23.9 Å². The molecule has 0 heterocycles. The lowest BCUT2D eigenvalue weighted by atomic mass is 10.2. The zero-order valence-corrected chi connectivity index (χ0v) is 12.6. The van der Waals surface area contributed by atoms with Crippen molar-refractivity contribution in [1.82, 2.24) is 5.32 Å². The summed E-state index contributed by atoms with van der Waals surface area (Å²) < 4.78 is 0. The molecule has 0 saturated carbocycles. The largest absolute Gasteiger partial charge is 0.360 e. The van der Waals surface area contributed by atoms with Crippen molar-refractivity contribution in [3.8, 4) is 6.07 Å². The molecule has 1 aromatic carbocycles. The van der Waals surface area contributed by atoms with E-state index in [1.807, 2.05) is 19.1 Å². The third-order valence-corrected chi connectivity index (χ3v) is 3.28. The van der Waals surface area contributed by atoms with Gasteiger partial charge in [-0.2, -0.15) is 5.26 Å². The van der Waals surface area contributed by atoms with Crippen LogP contribution in [0.4, 0.5) is 5.69 Å². The van der Waals surface area contributed by atoms with Crippen LogP contribution in [-0.2, 0) is 4.79 Å². The average Bonchev–Trinajstić information content (AvgIpc) is 2.44. The molecule has 0 radical (unpaired) electrons. The Bertz CT molecular complexity index is 550. The topological polar surface area (TPSA) is 64.9 Å². The number of amides is 1. The van der Waals surface area contributed by atoms with Gasteiger partial charge in [0.15, 0.2) is 0 Å². The molecule has 1 rings (SSSR count). The molecule has 0 aromatic heterocycles. The number of hydrogen-bond acceptors (Lipinski definition) is 3. The van der Waals surface area contributed by atoms with E-state index in [4.69, 9.17) is 28.5 Å². The van der Waals surface area contributed by atoms with Crippen molar-refractivity contribution < 1.29 is 4.79 Å². The second kappa shape index (κ2) is 8.47. The van der Waals surface area contributed by atoms with Crippen LogP contribution < -0.4 is 10.6 Å². The van der Waals surface area contributed by atoms with Crippen LogP contribution >= 0.6 is 23.2 Å². The molecule has 0 saturated heterocycles. The van der Waals surface area contributed by atoms with E-state index in [0.717, 1.165) is 11.3 Å². The number of carbonyl (C=O) groups is 1. The van der Waals surface area contributed by atoms with Gasteiger partial charge in [0.1, 0.15) is 11.6 Å². The number of benzene rings is 1. The van der Waals surface area contributed by atoms with E-state index in [1.165, 1.54) is 6.20 Å². The van der Waals surface area contributed by atoms with Gasteiger partial charge in [-0.1, -0.05) is 17.7 Å². The van der Waals surface area contributed by atoms with Gasteiger partial charge in [-0.05, 0) is 31.0 Å². The summed E-state index contributed by atoms with van der Waals surface area (Å²) in [5, 5.41) is 15.1. The summed E-state index contributed by atoms with van der Waals surface area (Å²) in [6.45, 7) is 2.29. The van der Waals surface area contributed by atoms with Gasteiger partial charge in [-0.15, -0.1) is 11.6 Å². The van der Waals surface area contributed by atoms with Crippen molar-refractivity contribution in [2.24, 2.45) is 0 Å². The van der Waals surface area contributed by atoms with Crippen molar-refractivity contribution >= 4 is 34.8 Å². The number of nitriles is 1. The predicted octanol–water partition coefficient (Wildman–Crippen LogP) is 3.21. The molecule has 4 nitrogen and oxygen atoms in total. The molecule has 0 unspecified atom stereocenters. The van der Waals surface area contributed by atoms with Crippen LogP contribution in [0.3, 0.4) is 0 Å². The molecular weight excluding hydrogens is 297 g/mol. The molecule has 6 heteroatoms. The lowest BCUT2D eigenvalue weighted by Gasteiger charge is -2.07. The minimum atomic E-state index is -0.426. The minimum absolute atomic E-state index is 0.000974. The Morgan fingerprint density at radius 3 is 2.90 bits per heavy atom. The maximum Gasteiger partial charge on any atom is 0.263 e. The second-order valence-electron chi connectivity index (χ2n) is 4.02. The third-order valence-electron chi connectivity index (χ3n) is 2.60. The van der Waals surface area contributed by atoms with E-state index in [1.54, 1.807) is 12.1 Å². The maximum absolute atomic E-state index is 11.7. The molecule has 0 aliphatic heterocycles. The molecule has 2 N–H and O–H groups in total. The Morgan fingerprint density at radius 2 is 2.25 bits per heavy atom.